The van der Waals surface area contributed by atoms with Crippen molar-refractivity contribution in [3.63, 3.8) is 0 Å². The average molecular weight is 241 g/mol. The Morgan fingerprint density at radius 1 is 1.41 bits per heavy atom. The summed E-state index contributed by atoms with van der Waals surface area (Å²) in [5.41, 5.74) is 10.8. The molecule has 0 saturated carbocycles. The first-order chi connectivity index (χ1) is 8.07. The van der Waals surface area contributed by atoms with Crippen molar-refractivity contribution in [3.8, 4) is 0 Å². The monoisotopic (exact) mass is 241 g/mol. The Morgan fingerprint density at radius 2 is 2.12 bits per heavy atom. The van der Waals surface area contributed by atoms with Gasteiger partial charge in [0.1, 0.15) is 6.04 Å². The van der Waals surface area contributed by atoms with Gasteiger partial charge >= 0.3 is 0 Å². The Bertz CT molecular complexity index is 281. The highest BCUT2D eigenvalue weighted by Gasteiger charge is 2.32. The fourth-order valence-electron chi connectivity index (χ4n) is 2.32. The lowest BCUT2D eigenvalue weighted by Gasteiger charge is -2.35. The molecule has 4 N–H and O–H groups in total. The highest BCUT2D eigenvalue weighted by molar-refractivity contribution is 5.87. The second kappa shape index (κ2) is 6.59. The number of primary amides is 1. The van der Waals surface area contributed by atoms with Gasteiger partial charge in [0, 0.05) is 12.5 Å². The number of rotatable bonds is 5. The molecular weight excluding hydrogens is 218 g/mol. The molecule has 0 radical (unpaired) electrons. The topological polar surface area (TPSA) is 89.4 Å². The molecule has 1 saturated heterocycles. The molecule has 17 heavy (non-hydrogen) atoms. The molecule has 0 aliphatic carbocycles. The highest BCUT2D eigenvalue weighted by Crippen LogP contribution is 2.20. The van der Waals surface area contributed by atoms with Crippen molar-refractivity contribution in [1.29, 1.82) is 0 Å². The molecule has 1 aliphatic rings. The molecular formula is C12H23N3O2. The van der Waals surface area contributed by atoms with Crippen LogP contribution >= 0.6 is 0 Å². The third-order valence-electron chi connectivity index (χ3n) is 3.38. The Hall–Kier alpha value is -1.10. The fraction of sp³-hybridized carbons (Fsp3) is 0.833. The number of carbonyl (C=O) groups excluding carboxylic acids is 2. The highest BCUT2D eigenvalue weighted by atomic mass is 16.2. The smallest absolute Gasteiger partial charge is 0.240 e. The molecule has 98 valence electrons. The van der Waals surface area contributed by atoms with Crippen LogP contribution in [0.5, 0.6) is 0 Å². The molecule has 1 heterocycles. The second-order valence-electron chi connectivity index (χ2n) is 4.78. The molecule has 2 unspecified atom stereocenters. The summed E-state index contributed by atoms with van der Waals surface area (Å²) >= 11 is 0. The molecule has 0 aromatic rings. The molecule has 0 aromatic heterocycles. The minimum atomic E-state index is -0.406. The van der Waals surface area contributed by atoms with E-state index in [1.807, 2.05) is 6.92 Å². The SMILES string of the molecule is CC(CCCN)C(=O)N1CCCCC1C(N)=O. The lowest BCUT2D eigenvalue weighted by Crippen LogP contribution is -2.52. The Labute approximate surface area is 103 Å². The first-order valence-electron chi connectivity index (χ1n) is 6.37. The van der Waals surface area contributed by atoms with Gasteiger partial charge in [-0.05, 0) is 38.6 Å². The number of hydrogen-bond donors (Lipinski definition) is 2. The molecule has 1 aliphatic heterocycles. The summed E-state index contributed by atoms with van der Waals surface area (Å²) in [7, 11) is 0. The lowest BCUT2D eigenvalue weighted by atomic mass is 9.97. The Balaban J connectivity index is 2.61. The van der Waals surface area contributed by atoms with Crippen LogP contribution in [0.2, 0.25) is 0 Å². The minimum Gasteiger partial charge on any atom is -0.368 e. The van der Waals surface area contributed by atoms with Gasteiger partial charge in [0.2, 0.25) is 11.8 Å². The molecule has 5 nitrogen and oxygen atoms in total. The molecule has 0 spiro atoms. The maximum Gasteiger partial charge on any atom is 0.240 e. The summed E-state index contributed by atoms with van der Waals surface area (Å²) in [6, 6.07) is -0.406. The van der Waals surface area contributed by atoms with Crippen LogP contribution in [0.25, 0.3) is 0 Å². The number of nitrogens with two attached hydrogens (primary N) is 2. The van der Waals surface area contributed by atoms with Crippen molar-refractivity contribution in [1.82, 2.24) is 4.90 Å². The van der Waals surface area contributed by atoms with E-state index in [2.05, 4.69) is 0 Å². The van der Waals surface area contributed by atoms with E-state index in [1.54, 1.807) is 4.90 Å². The number of nitrogens with zero attached hydrogens (tertiary/aromatic N) is 1. The van der Waals surface area contributed by atoms with Gasteiger partial charge in [0.05, 0.1) is 0 Å². The van der Waals surface area contributed by atoms with Crippen molar-refractivity contribution < 1.29 is 9.59 Å². The molecule has 5 heteroatoms. The summed E-state index contributed by atoms with van der Waals surface area (Å²) in [5, 5.41) is 0. The number of piperidine rings is 1. The van der Waals surface area contributed by atoms with Gasteiger partial charge in [-0.2, -0.15) is 0 Å². The van der Waals surface area contributed by atoms with Crippen LogP contribution in [0.3, 0.4) is 0 Å². The van der Waals surface area contributed by atoms with Crippen molar-refractivity contribution in [3.05, 3.63) is 0 Å². The van der Waals surface area contributed by atoms with Crippen LogP contribution in [-0.2, 0) is 9.59 Å². The van der Waals surface area contributed by atoms with Gasteiger partial charge in [0.15, 0.2) is 0 Å². The summed E-state index contributed by atoms with van der Waals surface area (Å²) in [6.45, 7) is 3.14. The van der Waals surface area contributed by atoms with E-state index in [-0.39, 0.29) is 17.7 Å². The number of amides is 2. The summed E-state index contributed by atoms with van der Waals surface area (Å²) in [4.78, 5) is 25.2. The summed E-state index contributed by atoms with van der Waals surface area (Å²) < 4.78 is 0. The van der Waals surface area contributed by atoms with E-state index in [1.165, 1.54) is 0 Å². The Kier molecular flexibility index (Phi) is 5.41. The third kappa shape index (κ3) is 3.70. The largest absolute Gasteiger partial charge is 0.368 e. The first-order valence-corrected chi connectivity index (χ1v) is 6.37. The number of likely N-dealkylation sites (tertiary alicyclic amines) is 1. The van der Waals surface area contributed by atoms with Gasteiger partial charge in [-0.25, -0.2) is 0 Å². The fourth-order valence-corrected chi connectivity index (χ4v) is 2.32. The lowest BCUT2D eigenvalue weighted by molar-refractivity contribution is -0.144. The maximum atomic E-state index is 12.2. The average Bonchev–Trinajstić information content (AvgIpc) is 2.34. The minimum absolute atomic E-state index is 0.0435. The predicted molar refractivity (Wildman–Crippen MR) is 66.0 cm³/mol. The molecule has 1 fully saturated rings. The third-order valence-corrected chi connectivity index (χ3v) is 3.38. The van der Waals surface area contributed by atoms with E-state index >= 15 is 0 Å². The van der Waals surface area contributed by atoms with Gasteiger partial charge < -0.3 is 16.4 Å². The van der Waals surface area contributed by atoms with Gasteiger partial charge in [-0.15, -0.1) is 0 Å². The van der Waals surface area contributed by atoms with E-state index in [0.717, 1.165) is 25.7 Å². The van der Waals surface area contributed by atoms with Crippen molar-refractivity contribution in [2.75, 3.05) is 13.1 Å². The van der Waals surface area contributed by atoms with Crippen molar-refractivity contribution in [2.45, 2.75) is 45.1 Å². The molecule has 1 rings (SSSR count). The van der Waals surface area contributed by atoms with E-state index in [9.17, 15) is 9.59 Å². The van der Waals surface area contributed by atoms with Gasteiger partial charge in [-0.1, -0.05) is 6.92 Å². The van der Waals surface area contributed by atoms with Crippen LogP contribution in [0.1, 0.15) is 39.0 Å². The van der Waals surface area contributed by atoms with Crippen LogP contribution in [0, 0.1) is 5.92 Å². The predicted octanol–water partition coefficient (Wildman–Crippen LogP) is 0.228. The number of carbonyl (C=O) groups is 2. The van der Waals surface area contributed by atoms with E-state index in [4.69, 9.17) is 11.5 Å². The van der Waals surface area contributed by atoms with Crippen LogP contribution in [0.15, 0.2) is 0 Å². The molecule has 2 atom stereocenters. The molecule has 2 amide bonds. The molecule has 0 bridgehead atoms. The van der Waals surface area contributed by atoms with Crippen LogP contribution < -0.4 is 11.5 Å². The Morgan fingerprint density at radius 3 is 2.71 bits per heavy atom. The first kappa shape index (κ1) is 14.0. The van der Waals surface area contributed by atoms with Gasteiger partial charge in [0.25, 0.3) is 0 Å². The maximum absolute atomic E-state index is 12.2. The quantitative estimate of drug-likeness (QED) is 0.722. The van der Waals surface area contributed by atoms with Gasteiger partial charge in [-0.3, -0.25) is 9.59 Å². The second-order valence-corrected chi connectivity index (χ2v) is 4.78. The zero-order valence-corrected chi connectivity index (χ0v) is 10.5. The summed E-state index contributed by atoms with van der Waals surface area (Å²) in [6.07, 6.45) is 4.23. The zero-order chi connectivity index (χ0) is 12.8. The van der Waals surface area contributed by atoms with E-state index in [0.29, 0.717) is 19.5 Å². The molecule has 0 aromatic carbocycles. The standard InChI is InChI=1S/C12H23N3O2/c1-9(5-4-7-13)12(17)15-8-3-2-6-10(15)11(14)16/h9-10H,2-8,13H2,1H3,(H2,14,16). The normalized spacial score (nSPS) is 22.2. The summed E-state index contributed by atoms with van der Waals surface area (Å²) in [5.74, 6) is -0.412. The van der Waals surface area contributed by atoms with Crippen LogP contribution in [0.4, 0.5) is 0 Å². The van der Waals surface area contributed by atoms with Crippen molar-refractivity contribution >= 4 is 11.8 Å². The van der Waals surface area contributed by atoms with Crippen LogP contribution in [-0.4, -0.2) is 35.8 Å². The number of hydrogen-bond acceptors (Lipinski definition) is 3. The van der Waals surface area contributed by atoms with E-state index < -0.39 is 6.04 Å². The van der Waals surface area contributed by atoms with Crippen molar-refractivity contribution in [2.24, 2.45) is 17.4 Å². The zero-order valence-electron chi connectivity index (χ0n) is 10.5.